The molecular formula is C17H23N3OS. The molecule has 1 amide bonds. The average molecular weight is 317 g/mol. The van der Waals surface area contributed by atoms with Crippen LogP contribution in [0.1, 0.15) is 35.5 Å². The van der Waals surface area contributed by atoms with Gasteiger partial charge >= 0.3 is 0 Å². The van der Waals surface area contributed by atoms with Crippen LogP contribution in [-0.2, 0) is 6.42 Å². The lowest BCUT2D eigenvalue weighted by molar-refractivity contribution is 0.0954. The monoisotopic (exact) mass is 317 g/mol. The highest BCUT2D eigenvalue weighted by molar-refractivity contribution is 7.13. The van der Waals surface area contributed by atoms with Crippen LogP contribution in [0.5, 0.6) is 0 Å². The van der Waals surface area contributed by atoms with Gasteiger partial charge in [0.05, 0.1) is 11.2 Å². The number of carbonyl (C=O) groups is 1. The van der Waals surface area contributed by atoms with Gasteiger partial charge in [0.1, 0.15) is 4.88 Å². The van der Waals surface area contributed by atoms with Gasteiger partial charge in [-0.3, -0.25) is 4.79 Å². The van der Waals surface area contributed by atoms with E-state index in [0.29, 0.717) is 17.3 Å². The van der Waals surface area contributed by atoms with Crippen LogP contribution in [0.2, 0.25) is 0 Å². The third-order valence-corrected chi connectivity index (χ3v) is 4.63. The summed E-state index contributed by atoms with van der Waals surface area (Å²) in [5.74, 6) is 0.367. The first kappa shape index (κ1) is 16.5. The molecule has 0 spiro atoms. The topological polar surface area (TPSA) is 54.0 Å². The molecule has 0 bridgehead atoms. The number of aryl methyl sites for hydroxylation is 1. The molecule has 1 unspecified atom stereocenters. The van der Waals surface area contributed by atoms with E-state index >= 15 is 0 Å². The first-order valence-electron chi connectivity index (χ1n) is 7.64. The second-order valence-corrected chi connectivity index (χ2v) is 6.66. The molecular weight excluding hydrogens is 294 g/mol. The zero-order valence-electron chi connectivity index (χ0n) is 13.3. The Kier molecular flexibility index (Phi) is 5.95. The summed E-state index contributed by atoms with van der Waals surface area (Å²) in [6, 6.07) is 10.3. The average Bonchev–Trinajstić information content (AvgIpc) is 3.01. The number of para-hydroxylation sites is 1. The minimum absolute atomic E-state index is 0.0438. The minimum atomic E-state index is -0.0438. The predicted octanol–water partition coefficient (Wildman–Crippen LogP) is 3.57. The summed E-state index contributed by atoms with van der Waals surface area (Å²) in [7, 11) is 0. The predicted molar refractivity (Wildman–Crippen MR) is 92.5 cm³/mol. The van der Waals surface area contributed by atoms with Crippen molar-refractivity contribution in [2.24, 2.45) is 5.92 Å². The van der Waals surface area contributed by atoms with Crippen LogP contribution in [0.3, 0.4) is 0 Å². The van der Waals surface area contributed by atoms with E-state index in [1.54, 1.807) is 6.20 Å². The molecule has 2 N–H and O–H groups in total. The summed E-state index contributed by atoms with van der Waals surface area (Å²) in [5, 5.41) is 7.48. The summed E-state index contributed by atoms with van der Waals surface area (Å²) in [6.45, 7) is 6.92. The van der Waals surface area contributed by atoms with Crippen molar-refractivity contribution in [1.29, 1.82) is 0 Å². The summed E-state index contributed by atoms with van der Waals surface area (Å²) < 4.78 is 0. The van der Waals surface area contributed by atoms with Crippen molar-refractivity contribution >= 4 is 22.9 Å². The van der Waals surface area contributed by atoms with Crippen LogP contribution in [0.25, 0.3) is 0 Å². The standard InChI is InChI=1S/C17H23N3OS/c1-4-16-18-11-15(22-16)17(21)19-10-14(12(2)3)20-13-8-6-5-7-9-13/h5-9,11-12,14,20H,4,10H2,1-3H3,(H,19,21). The number of aromatic nitrogens is 1. The number of benzene rings is 1. The van der Waals surface area contributed by atoms with Gasteiger partial charge in [-0.05, 0) is 24.5 Å². The Hall–Kier alpha value is -1.88. The van der Waals surface area contributed by atoms with E-state index in [0.717, 1.165) is 17.1 Å². The van der Waals surface area contributed by atoms with Crippen LogP contribution in [0, 0.1) is 5.92 Å². The van der Waals surface area contributed by atoms with E-state index < -0.39 is 0 Å². The SMILES string of the molecule is CCc1ncc(C(=O)NCC(Nc2ccccc2)C(C)C)s1. The van der Waals surface area contributed by atoms with Gasteiger partial charge in [0, 0.05) is 18.3 Å². The van der Waals surface area contributed by atoms with Crippen LogP contribution in [-0.4, -0.2) is 23.5 Å². The van der Waals surface area contributed by atoms with Crippen LogP contribution >= 0.6 is 11.3 Å². The molecule has 0 saturated carbocycles. The van der Waals surface area contributed by atoms with Crippen molar-refractivity contribution in [1.82, 2.24) is 10.3 Å². The van der Waals surface area contributed by atoms with E-state index in [1.807, 2.05) is 37.3 Å². The van der Waals surface area contributed by atoms with Crippen LogP contribution in [0.15, 0.2) is 36.5 Å². The Morgan fingerprint density at radius 1 is 1.27 bits per heavy atom. The van der Waals surface area contributed by atoms with Gasteiger partial charge < -0.3 is 10.6 Å². The number of nitrogens with one attached hydrogen (secondary N) is 2. The van der Waals surface area contributed by atoms with Gasteiger partial charge in [-0.2, -0.15) is 0 Å². The van der Waals surface area contributed by atoms with Crippen molar-refractivity contribution in [2.75, 3.05) is 11.9 Å². The second-order valence-electron chi connectivity index (χ2n) is 5.54. The molecule has 1 aromatic carbocycles. The first-order chi connectivity index (χ1) is 10.6. The molecule has 5 heteroatoms. The molecule has 0 saturated heterocycles. The largest absolute Gasteiger partial charge is 0.380 e. The summed E-state index contributed by atoms with van der Waals surface area (Å²) in [5.41, 5.74) is 1.07. The van der Waals surface area contributed by atoms with Crippen molar-refractivity contribution < 1.29 is 4.79 Å². The molecule has 0 fully saturated rings. The highest BCUT2D eigenvalue weighted by Crippen LogP contribution is 2.14. The summed E-state index contributed by atoms with van der Waals surface area (Å²) in [4.78, 5) is 17.1. The smallest absolute Gasteiger partial charge is 0.263 e. The van der Waals surface area contributed by atoms with E-state index in [4.69, 9.17) is 0 Å². The fourth-order valence-electron chi connectivity index (χ4n) is 2.07. The lowest BCUT2D eigenvalue weighted by Crippen LogP contribution is -2.39. The Bertz CT molecular complexity index is 595. The molecule has 118 valence electrons. The third kappa shape index (κ3) is 4.56. The molecule has 1 aromatic heterocycles. The number of carbonyl (C=O) groups excluding carboxylic acids is 1. The molecule has 2 rings (SSSR count). The molecule has 0 aliphatic carbocycles. The summed E-state index contributed by atoms with van der Waals surface area (Å²) in [6.07, 6.45) is 2.52. The first-order valence-corrected chi connectivity index (χ1v) is 8.46. The Morgan fingerprint density at radius 3 is 2.59 bits per heavy atom. The van der Waals surface area contributed by atoms with Gasteiger partial charge in [0.25, 0.3) is 5.91 Å². The maximum Gasteiger partial charge on any atom is 0.263 e. The van der Waals surface area contributed by atoms with Gasteiger partial charge in [0.2, 0.25) is 0 Å². The third-order valence-electron chi connectivity index (χ3n) is 3.49. The lowest BCUT2D eigenvalue weighted by Gasteiger charge is -2.23. The zero-order valence-corrected chi connectivity index (χ0v) is 14.1. The van der Waals surface area contributed by atoms with Gasteiger partial charge in [-0.1, -0.05) is 39.0 Å². The molecule has 0 radical (unpaired) electrons. The van der Waals surface area contributed by atoms with E-state index in [9.17, 15) is 4.79 Å². The molecule has 0 aliphatic rings. The molecule has 1 atom stereocenters. The quantitative estimate of drug-likeness (QED) is 0.821. The van der Waals surface area contributed by atoms with Crippen molar-refractivity contribution in [3.63, 3.8) is 0 Å². The Labute approximate surface area is 136 Å². The van der Waals surface area contributed by atoms with E-state index in [-0.39, 0.29) is 11.9 Å². The molecule has 2 aromatic rings. The van der Waals surface area contributed by atoms with Crippen LogP contribution < -0.4 is 10.6 Å². The minimum Gasteiger partial charge on any atom is -0.380 e. The molecule has 22 heavy (non-hydrogen) atoms. The maximum atomic E-state index is 12.2. The van der Waals surface area contributed by atoms with E-state index in [2.05, 4.69) is 29.5 Å². The van der Waals surface area contributed by atoms with Gasteiger partial charge in [-0.15, -0.1) is 11.3 Å². The number of nitrogens with zero attached hydrogens (tertiary/aromatic N) is 1. The molecule has 1 heterocycles. The molecule has 0 aliphatic heterocycles. The normalized spacial score (nSPS) is 12.2. The Morgan fingerprint density at radius 2 is 2.00 bits per heavy atom. The number of rotatable bonds is 7. The number of anilines is 1. The number of amides is 1. The number of hydrogen-bond donors (Lipinski definition) is 2. The maximum absolute atomic E-state index is 12.2. The molecule has 4 nitrogen and oxygen atoms in total. The van der Waals surface area contributed by atoms with Crippen LogP contribution in [0.4, 0.5) is 5.69 Å². The Balaban J connectivity index is 1.92. The highest BCUT2D eigenvalue weighted by Gasteiger charge is 2.16. The van der Waals surface area contributed by atoms with Gasteiger partial charge in [-0.25, -0.2) is 4.98 Å². The summed E-state index contributed by atoms with van der Waals surface area (Å²) >= 11 is 1.46. The zero-order chi connectivity index (χ0) is 15.9. The highest BCUT2D eigenvalue weighted by atomic mass is 32.1. The van der Waals surface area contributed by atoms with Crippen molar-refractivity contribution in [3.05, 3.63) is 46.4 Å². The lowest BCUT2D eigenvalue weighted by atomic mass is 10.0. The van der Waals surface area contributed by atoms with Crippen molar-refractivity contribution in [3.8, 4) is 0 Å². The number of hydrogen-bond acceptors (Lipinski definition) is 4. The van der Waals surface area contributed by atoms with Gasteiger partial charge in [0.15, 0.2) is 0 Å². The van der Waals surface area contributed by atoms with Crippen molar-refractivity contribution in [2.45, 2.75) is 33.2 Å². The fourth-order valence-corrected chi connectivity index (χ4v) is 2.84. The second kappa shape index (κ2) is 7.94. The number of thiazole rings is 1. The van der Waals surface area contributed by atoms with E-state index in [1.165, 1.54) is 11.3 Å². The fraction of sp³-hybridized carbons (Fsp3) is 0.412.